The van der Waals surface area contributed by atoms with E-state index in [0.717, 1.165) is 81.1 Å². The quantitative estimate of drug-likeness (QED) is 0.523. The molecule has 1 aliphatic carbocycles. The highest BCUT2D eigenvalue weighted by molar-refractivity contribution is 6.31. The van der Waals surface area contributed by atoms with Crippen LogP contribution in [0.2, 0.25) is 0 Å². The standard InChI is InChI=1S/C24H31ClN3O/c1-19-6-4-8-23(24(19)25)28-15-13-27(14-16-28)12-2-3-17-29-21-10-9-20-7-5-11-26-22(20)18-21/h4,6,8-10,18,26H,1-3,5,7,11-17H2/q+1. The number of anilines is 1. The van der Waals surface area contributed by atoms with Crippen LogP contribution in [0.4, 0.5) is 5.69 Å². The van der Waals surface area contributed by atoms with Gasteiger partial charge in [-0.25, -0.2) is 0 Å². The van der Waals surface area contributed by atoms with Crippen molar-refractivity contribution in [3.63, 3.8) is 0 Å². The first-order chi connectivity index (χ1) is 14.2. The first-order valence-electron chi connectivity index (χ1n) is 10.8. The van der Waals surface area contributed by atoms with Crippen molar-refractivity contribution in [2.75, 3.05) is 51.2 Å². The van der Waals surface area contributed by atoms with Crippen LogP contribution >= 0.6 is 11.6 Å². The largest absolute Gasteiger partial charge is 0.494 e. The van der Waals surface area contributed by atoms with Crippen molar-refractivity contribution in [1.29, 1.82) is 0 Å². The highest BCUT2D eigenvalue weighted by atomic mass is 35.5. The van der Waals surface area contributed by atoms with Crippen LogP contribution in [0.1, 0.15) is 24.8 Å². The number of hydrogen-bond donors (Lipinski definition) is 1. The number of allylic oxidation sites excluding steroid dienone is 4. The van der Waals surface area contributed by atoms with Gasteiger partial charge >= 0.3 is 0 Å². The smallest absolute Gasteiger partial charge is 0.160 e. The molecule has 4 rings (SSSR count). The molecular weight excluding hydrogens is 382 g/mol. The zero-order valence-electron chi connectivity index (χ0n) is 17.1. The minimum Gasteiger partial charge on any atom is -0.494 e. The van der Waals surface area contributed by atoms with Gasteiger partial charge in [-0.2, -0.15) is 0 Å². The molecule has 0 amide bonds. The molecule has 1 saturated heterocycles. The summed E-state index contributed by atoms with van der Waals surface area (Å²) < 4.78 is 5.97. The van der Waals surface area contributed by atoms with E-state index in [-0.39, 0.29) is 0 Å². The predicted molar refractivity (Wildman–Crippen MR) is 121 cm³/mol. The molecule has 0 aromatic heterocycles. The van der Waals surface area contributed by atoms with Crippen LogP contribution < -0.4 is 10.1 Å². The molecule has 0 unspecified atom stereocenters. The molecule has 0 spiro atoms. The van der Waals surface area contributed by atoms with Crippen molar-refractivity contribution in [2.24, 2.45) is 0 Å². The summed E-state index contributed by atoms with van der Waals surface area (Å²) in [6, 6.07) is 6.46. The number of hydrogen-bond acceptors (Lipinski definition) is 4. The van der Waals surface area contributed by atoms with Crippen LogP contribution in [0, 0.1) is 5.38 Å². The Labute approximate surface area is 179 Å². The summed E-state index contributed by atoms with van der Waals surface area (Å²) >= 11 is 6.44. The first kappa shape index (κ1) is 20.2. The average Bonchev–Trinajstić information content (AvgIpc) is 2.76. The Morgan fingerprint density at radius 3 is 2.90 bits per heavy atom. The summed E-state index contributed by atoms with van der Waals surface area (Å²) in [7, 11) is 0. The Kier molecular flexibility index (Phi) is 6.73. The molecular formula is C24H31ClN3O+. The van der Waals surface area contributed by atoms with Gasteiger partial charge in [0, 0.05) is 62.7 Å². The Morgan fingerprint density at radius 1 is 1.17 bits per heavy atom. The van der Waals surface area contributed by atoms with Crippen LogP contribution in [0.3, 0.4) is 0 Å². The van der Waals surface area contributed by atoms with Gasteiger partial charge in [0.2, 0.25) is 0 Å². The van der Waals surface area contributed by atoms with Crippen molar-refractivity contribution >= 4 is 17.3 Å². The lowest BCUT2D eigenvalue weighted by Crippen LogP contribution is -2.46. The molecule has 1 aromatic rings. The van der Waals surface area contributed by atoms with Gasteiger partial charge in [0.15, 0.2) is 5.38 Å². The SMILES string of the molecule is C=C1C=CC=C(N2CCN(CCCCOc3ccc4c(c3)NCCC4)CC2)[C+]1Cl. The van der Waals surface area contributed by atoms with Crippen molar-refractivity contribution in [1.82, 2.24) is 9.80 Å². The second-order valence-corrected chi connectivity index (χ2v) is 8.36. The van der Waals surface area contributed by atoms with Crippen LogP contribution in [-0.4, -0.2) is 55.7 Å². The van der Waals surface area contributed by atoms with Crippen LogP contribution in [0.15, 0.2) is 54.3 Å². The first-order valence-corrected chi connectivity index (χ1v) is 11.2. The normalized spacial score (nSPS) is 19.6. The molecule has 1 N–H and O–H groups in total. The lowest BCUT2D eigenvalue weighted by molar-refractivity contribution is 0.155. The molecule has 2 aliphatic heterocycles. The summed E-state index contributed by atoms with van der Waals surface area (Å²) in [5.74, 6) is 0.983. The lowest BCUT2D eigenvalue weighted by Gasteiger charge is -2.36. The Bertz CT molecular complexity index is 780. The number of aryl methyl sites for hydroxylation is 1. The molecule has 1 fully saturated rings. The van der Waals surface area contributed by atoms with Gasteiger partial charge in [0.25, 0.3) is 0 Å². The number of nitrogens with one attached hydrogen (secondary N) is 1. The molecule has 0 bridgehead atoms. The second-order valence-electron chi connectivity index (χ2n) is 7.98. The molecule has 0 atom stereocenters. The van der Waals surface area contributed by atoms with Crippen molar-refractivity contribution in [3.05, 3.63) is 65.2 Å². The van der Waals surface area contributed by atoms with Crippen LogP contribution in [0.5, 0.6) is 5.75 Å². The maximum absolute atomic E-state index is 6.44. The molecule has 0 saturated carbocycles. The lowest BCUT2D eigenvalue weighted by atomic mass is 10.0. The highest BCUT2D eigenvalue weighted by Crippen LogP contribution is 2.33. The summed E-state index contributed by atoms with van der Waals surface area (Å²) in [4.78, 5) is 4.92. The number of halogens is 1. The Morgan fingerprint density at radius 2 is 2.03 bits per heavy atom. The number of nitrogens with zero attached hydrogens (tertiary/aromatic N) is 2. The fourth-order valence-electron chi connectivity index (χ4n) is 4.18. The third kappa shape index (κ3) is 5.12. The van der Waals surface area contributed by atoms with E-state index in [1.54, 1.807) is 0 Å². The number of fused-ring (bicyclic) bond motifs is 1. The van der Waals surface area contributed by atoms with Crippen molar-refractivity contribution in [3.8, 4) is 5.75 Å². The Hall–Kier alpha value is -2.04. The highest BCUT2D eigenvalue weighted by Gasteiger charge is 2.30. The summed E-state index contributed by atoms with van der Waals surface area (Å²) in [5, 5.41) is 4.25. The number of unbranched alkanes of at least 4 members (excludes halogenated alkanes) is 1. The number of benzene rings is 1. The van der Waals surface area contributed by atoms with E-state index in [2.05, 4.69) is 46.0 Å². The Balaban J connectivity index is 1.13. The number of rotatable bonds is 7. The van der Waals surface area contributed by atoms with Gasteiger partial charge in [0.1, 0.15) is 17.0 Å². The average molecular weight is 413 g/mol. The fraction of sp³-hybridized carbons (Fsp3) is 0.458. The van der Waals surface area contributed by atoms with Crippen molar-refractivity contribution in [2.45, 2.75) is 25.7 Å². The van der Waals surface area contributed by atoms with E-state index in [1.165, 1.54) is 24.1 Å². The van der Waals surface area contributed by atoms with Gasteiger partial charge in [-0.15, -0.1) is 0 Å². The molecule has 29 heavy (non-hydrogen) atoms. The topological polar surface area (TPSA) is 27.7 Å². The molecule has 4 nitrogen and oxygen atoms in total. The molecule has 3 aliphatic rings. The van der Waals surface area contributed by atoms with Crippen LogP contribution in [0.25, 0.3) is 0 Å². The molecule has 1 aromatic carbocycles. The zero-order valence-corrected chi connectivity index (χ0v) is 17.9. The minimum atomic E-state index is 0.782. The maximum Gasteiger partial charge on any atom is 0.160 e. The van der Waals surface area contributed by atoms with E-state index in [4.69, 9.17) is 16.3 Å². The van der Waals surface area contributed by atoms with E-state index in [1.807, 2.05) is 12.2 Å². The van der Waals surface area contributed by atoms with E-state index < -0.39 is 0 Å². The molecule has 2 heterocycles. The maximum atomic E-state index is 6.44. The third-order valence-corrected chi connectivity index (χ3v) is 6.36. The molecule has 154 valence electrons. The van der Waals surface area contributed by atoms with Gasteiger partial charge in [-0.3, -0.25) is 4.90 Å². The van der Waals surface area contributed by atoms with E-state index in [0.29, 0.717) is 0 Å². The van der Waals surface area contributed by atoms with E-state index >= 15 is 0 Å². The monoisotopic (exact) mass is 412 g/mol. The second kappa shape index (κ2) is 9.64. The number of piperazine rings is 1. The number of ether oxygens (including phenoxy) is 1. The minimum absolute atomic E-state index is 0.782. The summed E-state index contributed by atoms with van der Waals surface area (Å²) in [6.45, 7) is 11.2. The van der Waals surface area contributed by atoms with Gasteiger partial charge in [0.05, 0.1) is 6.61 Å². The third-order valence-electron chi connectivity index (χ3n) is 5.93. The van der Waals surface area contributed by atoms with Gasteiger partial charge in [-0.05, 0) is 62.0 Å². The van der Waals surface area contributed by atoms with Gasteiger partial charge < -0.3 is 15.0 Å². The fourth-order valence-corrected chi connectivity index (χ4v) is 4.43. The van der Waals surface area contributed by atoms with Gasteiger partial charge in [-0.1, -0.05) is 6.07 Å². The molecule has 0 radical (unpaired) electrons. The molecule has 5 heteroatoms. The van der Waals surface area contributed by atoms with Crippen molar-refractivity contribution < 1.29 is 4.74 Å². The summed E-state index contributed by atoms with van der Waals surface area (Å²) in [5.41, 5.74) is 4.68. The van der Waals surface area contributed by atoms with Crippen LogP contribution in [-0.2, 0) is 6.42 Å². The van der Waals surface area contributed by atoms with E-state index in [9.17, 15) is 0 Å². The zero-order chi connectivity index (χ0) is 20.1. The summed E-state index contributed by atoms with van der Waals surface area (Å²) in [6.07, 6.45) is 10.7. The predicted octanol–water partition coefficient (Wildman–Crippen LogP) is 4.60.